The first-order valence-electron chi connectivity index (χ1n) is 13.0. The van der Waals surface area contributed by atoms with Crippen molar-refractivity contribution < 1.29 is 14.2 Å². The molecule has 0 radical (unpaired) electrons. The van der Waals surface area contributed by atoms with Crippen LogP contribution in [0.25, 0.3) is 11.2 Å². The molecule has 0 spiro atoms. The third-order valence-electron chi connectivity index (χ3n) is 6.46. The van der Waals surface area contributed by atoms with Gasteiger partial charge in [-0.05, 0) is 94.0 Å². The summed E-state index contributed by atoms with van der Waals surface area (Å²) in [6, 6.07) is 10.6. The van der Waals surface area contributed by atoms with Crippen LogP contribution in [0.15, 0.2) is 36.7 Å². The number of rotatable bonds is 15. The Morgan fingerprint density at radius 2 is 1.87 bits per heavy atom. The average Bonchev–Trinajstić information content (AvgIpc) is 3.36. The first kappa shape index (κ1) is 30.0. The Balaban J connectivity index is 1.27. The van der Waals surface area contributed by atoms with E-state index in [1.54, 1.807) is 0 Å². The fourth-order valence-corrected chi connectivity index (χ4v) is 6.41. The Bertz CT molecular complexity index is 1160. The highest BCUT2D eigenvalue weighted by molar-refractivity contribution is 14.2. The van der Waals surface area contributed by atoms with Gasteiger partial charge in [0.05, 0.1) is 18.7 Å². The lowest BCUT2D eigenvalue weighted by atomic mass is 9.95. The molecule has 2 atom stereocenters. The highest BCUT2D eigenvalue weighted by Crippen LogP contribution is 2.34. The SMILES string of the molecule is O=C(CCCCCCOc1ccc(Nc2cc(NC3CCCCC3)c3ncn(PI)c3n2)cc1)NOPI. The second kappa shape index (κ2) is 16.3. The Morgan fingerprint density at radius 1 is 1.08 bits per heavy atom. The normalized spacial score (nSPS) is 14.6. The molecule has 1 aliphatic rings. The Hall–Kier alpha value is -1.01. The fourth-order valence-electron chi connectivity index (χ4n) is 4.53. The van der Waals surface area contributed by atoms with Gasteiger partial charge >= 0.3 is 0 Å². The molecule has 3 N–H and O–H groups in total. The van der Waals surface area contributed by atoms with Gasteiger partial charge in [-0.1, -0.05) is 32.1 Å². The number of ether oxygens (including phenoxy) is 1. The smallest absolute Gasteiger partial charge is 0.243 e. The molecule has 1 aromatic carbocycles. The van der Waals surface area contributed by atoms with E-state index in [0.717, 1.165) is 59.8 Å². The molecule has 38 heavy (non-hydrogen) atoms. The molecule has 2 unspecified atom stereocenters. The zero-order chi connectivity index (χ0) is 26.6. The standard InChI is InChI=1S/C25H34I2N6O3P2/c26-37-33-17-28-24-21(29-18-8-4-3-5-9-18)16-22(31-25(24)33)30-19-11-13-20(14-12-19)35-15-7-2-1-6-10-23(34)32-36-38-27/h11-14,16-18,37-38H,1-10,15H2,(H,32,34)(H2,29,30,31). The van der Waals surface area contributed by atoms with Gasteiger partial charge in [-0.2, -0.15) is 0 Å². The first-order chi connectivity index (χ1) is 18.7. The second-order valence-electron chi connectivity index (χ2n) is 9.27. The number of hydrogen-bond donors (Lipinski definition) is 3. The molecule has 2 aromatic heterocycles. The Morgan fingerprint density at radius 3 is 2.63 bits per heavy atom. The topological polar surface area (TPSA) is 102 Å². The number of pyridine rings is 1. The minimum Gasteiger partial charge on any atom is -0.494 e. The zero-order valence-electron chi connectivity index (χ0n) is 21.1. The van der Waals surface area contributed by atoms with Gasteiger partial charge in [0.25, 0.3) is 0 Å². The highest BCUT2D eigenvalue weighted by Gasteiger charge is 2.17. The van der Waals surface area contributed by atoms with Crippen LogP contribution in [-0.2, 0) is 9.42 Å². The summed E-state index contributed by atoms with van der Waals surface area (Å²) >= 11 is 4.44. The Kier molecular flexibility index (Phi) is 12.9. The van der Waals surface area contributed by atoms with Gasteiger partial charge in [0.2, 0.25) is 5.91 Å². The van der Waals surface area contributed by atoms with E-state index in [1.807, 2.05) is 30.6 Å². The highest BCUT2D eigenvalue weighted by atomic mass is 127. The number of nitrogens with zero attached hydrogens (tertiary/aromatic N) is 3. The molecule has 1 amide bonds. The van der Waals surface area contributed by atoms with Crippen LogP contribution in [0.2, 0.25) is 0 Å². The van der Waals surface area contributed by atoms with Crippen molar-refractivity contribution in [2.75, 3.05) is 17.2 Å². The lowest BCUT2D eigenvalue weighted by Gasteiger charge is -2.24. The number of imidazole rings is 1. The first-order valence-corrected chi connectivity index (χ1v) is 21.1. The molecule has 3 aromatic rings. The van der Waals surface area contributed by atoms with Gasteiger partial charge in [-0.15, -0.1) is 0 Å². The third-order valence-corrected chi connectivity index (χ3v) is 9.37. The molecule has 2 heterocycles. The molecule has 4 rings (SSSR count). The van der Waals surface area contributed by atoms with Crippen LogP contribution in [0, 0.1) is 0 Å². The van der Waals surface area contributed by atoms with Crippen molar-refractivity contribution in [2.24, 2.45) is 0 Å². The van der Waals surface area contributed by atoms with Crippen molar-refractivity contribution in [1.29, 1.82) is 0 Å². The number of anilines is 3. The van der Waals surface area contributed by atoms with Crippen LogP contribution in [0.4, 0.5) is 17.2 Å². The van der Waals surface area contributed by atoms with E-state index in [4.69, 9.17) is 14.3 Å². The van der Waals surface area contributed by atoms with Crippen molar-refractivity contribution >= 4 is 91.2 Å². The van der Waals surface area contributed by atoms with Gasteiger partial charge < -0.3 is 15.4 Å². The molecule has 1 aliphatic carbocycles. The van der Waals surface area contributed by atoms with Crippen molar-refractivity contribution in [2.45, 2.75) is 70.3 Å². The van der Waals surface area contributed by atoms with Crippen LogP contribution in [0.5, 0.6) is 5.75 Å². The molecule has 0 bridgehead atoms. The van der Waals surface area contributed by atoms with Gasteiger partial charge in [-0.25, -0.2) is 20.1 Å². The maximum Gasteiger partial charge on any atom is 0.243 e. The summed E-state index contributed by atoms with van der Waals surface area (Å²) in [5, 5.41) is 7.22. The molecule has 1 saturated carbocycles. The number of benzene rings is 1. The summed E-state index contributed by atoms with van der Waals surface area (Å²) < 4.78 is 12.9. The van der Waals surface area contributed by atoms with E-state index in [1.165, 1.54) is 32.1 Å². The molecule has 0 aliphatic heterocycles. The van der Waals surface area contributed by atoms with E-state index >= 15 is 0 Å². The van der Waals surface area contributed by atoms with Crippen molar-refractivity contribution in [3.8, 4) is 5.75 Å². The van der Waals surface area contributed by atoms with E-state index in [0.29, 0.717) is 25.4 Å². The Labute approximate surface area is 253 Å². The largest absolute Gasteiger partial charge is 0.494 e. The van der Waals surface area contributed by atoms with E-state index in [-0.39, 0.29) is 12.4 Å². The second-order valence-corrected chi connectivity index (χ2v) is 13.0. The minimum atomic E-state index is -0.0538. The number of aromatic nitrogens is 3. The summed E-state index contributed by atoms with van der Waals surface area (Å²) in [6.45, 7) is 0.899. The predicted octanol–water partition coefficient (Wildman–Crippen LogP) is 8.03. The summed E-state index contributed by atoms with van der Waals surface area (Å²) in [5.74, 6) is 1.59. The fraction of sp³-hybridized carbons (Fsp3) is 0.480. The summed E-state index contributed by atoms with van der Waals surface area (Å²) in [4.78, 5) is 21.0. The van der Waals surface area contributed by atoms with Crippen LogP contribution in [-0.4, -0.2) is 32.9 Å². The van der Waals surface area contributed by atoms with Crippen LogP contribution < -0.4 is 20.9 Å². The number of hydroxylamine groups is 1. The van der Waals surface area contributed by atoms with Crippen LogP contribution >= 0.6 is 56.9 Å². The molecule has 0 saturated heterocycles. The van der Waals surface area contributed by atoms with E-state index in [9.17, 15) is 4.79 Å². The number of carbonyl (C=O) groups excluding carboxylic acids is 1. The van der Waals surface area contributed by atoms with Gasteiger partial charge in [-0.3, -0.25) is 9.13 Å². The predicted molar refractivity (Wildman–Crippen MR) is 176 cm³/mol. The number of hydrogen-bond acceptors (Lipinski definition) is 7. The van der Waals surface area contributed by atoms with Gasteiger partial charge in [0.1, 0.15) is 29.9 Å². The monoisotopic (exact) mass is 782 g/mol. The number of amides is 1. The molecular weight excluding hydrogens is 748 g/mol. The van der Waals surface area contributed by atoms with Crippen molar-refractivity contribution in [3.63, 3.8) is 0 Å². The maximum atomic E-state index is 11.5. The number of fused-ring (bicyclic) bond motifs is 1. The molecule has 13 heteroatoms. The number of carbonyl (C=O) groups is 1. The van der Waals surface area contributed by atoms with Gasteiger partial charge in [0.15, 0.2) is 5.65 Å². The van der Waals surface area contributed by atoms with Crippen molar-refractivity contribution in [3.05, 3.63) is 36.7 Å². The molecule has 9 nitrogen and oxygen atoms in total. The zero-order valence-corrected chi connectivity index (χ0v) is 27.5. The summed E-state index contributed by atoms with van der Waals surface area (Å²) in [7, 11) is 0. The average molecular weight is 782 g/mol. The summed E-state index contributed by atoms with van der Waals surface area (Å²) in [6.07, 6.45) is 13.1. The quantitative estimate of drug-likeness (QED) is 0.0622. The van der Waals surface area contributed by atoms with E-state index < -0.39 is 0 Å². The lowest BCUT2D eigenvalue weighted by molar-refractivity contribution is -0.127. The van der Waals surface area contributed by atoms with Crippen LogP contribution in [0.3, 0.4) is 0 Å². The van der Waals surface area contributed by atoms with Gasteiger partial charge in [0, 0.05) is 24.2 Å². The molecule has 1 fully saturated rings. The summed E-state index contributed by atoms with van der Waals surface area (Å²) in [5.41, 5.74) is 6.27. The number of unbranched alkanes of at least 4 members (excludes halogenated alkanes) is 3. The molecular formula is C25H34I2N6O3P2. The third kappa shape index (κ3) is 9.28. The minimum absolute atomic E-state index is 0.0538. The lowest BCUT2D eigenvalue weighted by Crippen LogP contribution is -2.22. The van der Waals surface area contributed by atoms with E-state index in [2.05, 4.69) is 75.6 Å². The maximum absolute atomic E-state index is 11.5. The molecule has 206 valence electrons. The number of halogens is 2. The van der Waals surface area contributed by atoms with Crippen molar-refractivity contribution in [1.82, 2.24) is 19.8 Å². The number of nitrogens with one attached hydrogen (secondary N) is 3. The van der Waals surface area contributed by atoms with Crippen LogP contribution in [0.1, 0.15) is 64.2 Å².